The Morgan fingerprint density at radius 2 is 1.68 bits per heavy atom. The minimum absolute atomic E-state index is 0.0556. The zero-order valence-corrected chi connectivity index (χ0v) is 18.5. The highest BCUT2D eigenvalue weighted by molar-refractivity contribution is 6.34. The summed E-state index contributed by atoms with van der Waals surface area (Å²) in [5, 5.41) is 11.9. The molecule has 0 atom stereocenters. The maximum atomic E-state index is 13.0. The number of hydrogen-bond acceptors (Lipinski definition) is 4. The molecule has 3 aromatic carbocycles. The molecule has 0 radical (unpaired) electrons. The van der Waals surface area contributed by atoms with Crippen molar-refractivity contribution >= 4 is 46.8 Å². The Kier molecular flexibility index (Phi) is 7.61. The van der Waals surface area contributed by atoms with Crippen molar-refractivity contribution < 1.29 is 27.5 Å². The number of nitrogens with one attached hydrogen (secondary N) is 1. The summed E-state index contributed by atoms with van der Waals surface area (Å²) in [6.45, 7) is 0. The fraction of sp³-hybridized carbons (Fsp3) is 0.0417. The van der Waals surface area contributed by atoms with Gasteiger partial charge in [-0.15, -0.1) is 0 Å². The molecule has 0 aliphatic heterocycles. The number of anilines is 1. The molecule has 172 valence electrons. The Morgan fingerprint density at radius 1 is 1.00 bits per heavy atom. The Bertz CT molecular complexity index is 1310. The zero-order valence-electron chi connectivity index (χ0n) is 17.0. The molecule has 3 aromatic rings. The predicted molar refractivity (Wildman–Crippen MR) is 122 cm³/mol. The molecule has 0 fully saturated rings. The van der Waals surface area contributed by atoms with Crippen LogP contribution in [0.1, 0.15) is 21.5 Å². The van der Waals surface area contributed by atoms with Crippen molar-refractivity contribution in [1.82, 2.24) is 0 Å². The number of halogens is 5. The molecule has 0 unspecified atom stereocenters. The van der Waals surface area contributed by atoms with Crippen LogP contribution in [0.5, 0.6) is 5.75 Å². The number of carbonyl (C=O) groups is 2. The van der Waals surface area contributed by atoms with Crippen LogP contribution in [0.25, 0.3) is 6.08 Å². The van der Waals surface area contributed by atoms with E-state index in [9.17, 15) is 28.0 Å². The molecule has 0 saturated carbocycles. The van der Waals surface area contributed by atoms with Crippen LogP contribution in [0.3, 0.4) is 0 Å². The normalized spacial score (nSPS) is 11.5. The lowest BCUT2D eigenvalue weighted by molar-refractivity contribution is -0.137. The summed E-state index contributed by atoms with van der Waals surface area (Å²) >= 11 is 11.7. The number of rotatable bonds is 5. The van der Waals surface area contributed by atoms with Crippen molar-refractivity contribution in [3.05, 3.63) is 99.0 Å². The molecular formula is C24H13Cl2F3N2O3. The van der Waals surface area contributed by atoms with Gasteiger partial charge in [-0.25, -0.2) is 4.79 Å². The van der Waals surface area contributed by atoms with Crippen LogP contribution in [0.4, 0.5) is 18.9 Å². The fourth-order valence-corrected chi connectivity index (χ4v) is 3.02. The van der Waals surface area contributed by atoms with Crippen molar-refractivity contribution in [2.75, 3.05) is 5.32 Å². The first-order valence-electron chi connectivity index (χ1n) is 9.45. The lowest BCUT2D eigenvalue weighted by Gasteiger charge is -2.12. The standard InChI is InChI=1S/C24H13Cl2F3N2O3/c25-18-8-5-14(6-9-18)23(33)34-21-4-2-1-3-15(21)11-16(13-30)22(32)31-20-12-17(24(27,28)29)7-10-19(20)26/h1-12H,(H,31,32)/b16-11+. The van der Waals surface area contributed by atoms with Crippen molar-refractivity contribution in [2.45, 2.75) is 6.18 Å². The molecular weight excluding hydrogens is 492 g/mol. The van der Waals surface area contributed by atoms with E-state index in [1.54, 1.807) is 18.2 Å². The van der Waals surface area contributed by atoms with Gasteiger partial charge in [-0.05, 0) is 54.6 Å². The monoisotopic (exact) mass is 504 g/mol. The first-order valence-corrected chi connectivity index (χ1v) is 10.2. The number of para-hydroxylation sites is 1. The number of nitrogens with zero attached hydrogens (tertiary/aromatic N) is 1. The van der Waals surface area contributed by atoms with Crippen LogP contribution in [0, 0.1) is 11.3 Å². The van der Waals surface area contributed by atoms with E-state index in [0.717, 1.165) is 18.2 Å². The quantitative estimate of drug-likeness (QED) is 0.180. The van der Waals surface area contributed by atoms with E-state index in [2.05, 4.69) is 5.32 Å². The van der Waals surface area contributed by atoms with E-state index in [1.807, 2.05) is 0 Å². The molecule has 0 saturated heterocycles. The molecule has 0 spiro atoms. The van der Waals surface area contributed by atoms with Gasteiger partial charge in [0.25, 0.3) is 5.91 Å². The van der Waals surface area contributed by atoms with E-state index in [1.165, 1.54) is 36.4 Å². The average molecular weight is 505 g/mol. The molecule has 0 aliphatic rings. The van der Waals surface area contributed by atoms with Crippen LogP contribution in [-0.2, 0) is 11.0 Å². The van der Waals surface area contributed by atoms with E-state index in [4.69, 9.17) is 27.9 Å². The van der Waals surface area contributed by atoms with E-state index >= 15 is 0 Å². The Morgan fingerprint density at radius 3 is 2.32 bits per heavy atom. The maximum absolute atomic E-state index is 13.0. The largest absolute Gasteiger partial charge is 0.422 e. The van der Waals surface area contributed by atoms with Crippen LogP contribution in [-0.4, -0.2) is 11.9 Å². The highest BCUT2D eigenvalue weighted by atomic mass is 35.5. The summed E-state index contributed by atoms with van der Waals surface area (Å²) in [4.78, 5) is 25.0. The van der Waals surface area contributed by atoms with Gasteiger partial charge in [0.15, 0.2) is 0 Å². The zero-order chi connectivity index (χ0) is 24.9. The van der Waals surface area contributed by atoms with E-state index < -0.39 is 29.2 Å². The molecule has 0 bridgehead atoms. The molecule has 0 aliphatic carbocycles. The van der Waals surface area contributed by atoms with Crippen molar-refractivity contribution in [3.8, 4) is 11.8 Å². The summed E-state index contributed by atoms with van der Waals surface area (Å²) in [5.41, 5.74) is -1.35. The number of hydrogen-bond donors (Lipinski definition) is 1. The molecule has 0 heterocycles. The molecule has 1 amide bonds. The van der Waals surface area contributed by atoms with Gasteiger partial charge >= 0.3 is 12.1 Å². The number of ether oxygens (including phenoxy) is 1. The van der Waals surface area contributed by atoms with Crippen molar-refractivity contribution in [1.29, 1.82) is 5.26 Å². The maximum Gasteiger partial charge on any atom is 0.416 e. The highest BCUT2D eigenvalue weighted by Crippen LogP contribution is 2.34. The second kappa shape index (κ2) is 10.4. The second-order valence-electron chi connectivity index (χ2n) is 6.75. The Labute approximate surface area is 202 Å². The minimum Gasteiger partial charge on any atom is -0.422 e. The lowest BCUT2D eigenvalue weighted by Crippen LogP contribution is -2.15. The topological polar surface area (TPSA) is 79.2 Å². The van der Waals surface area contributed by atoms with Gasteiger partial charge in [-0.3, -0.25) is 4.79 Å². The van der Waals surface area contributed by atoms with Gasteiger partial charge in [0.05, 0.1) is 21.8 Å². The van der Waals surface area contributed by atoms with Gasteiger partial charge in [-0.1, -0.05) is 41.4 Å². The van der Waals surface area contributed by atoms with Crippen LogP contribution in [0.2, 0.25) is 10.0 Å². The van der Waals surface area contributed by atoms with Crippen molar-refractivity contribution in [3.63, 3.8) is 0 Å². The number of nitriles is 1. The third-order valence-electron chi connectivity index (χ3n) is 4.41. The Balaban J connectivity index is 1.86. The van der Waals surface area contributed by atoms with Gasteiger partial charge in [0.1, 0.15) is 17.4 Å². The molecule has 34 heavy (non-hydrogen) atoms. The van der Waals surface area contributed by atoms with Gasteiger partial charge in [0.2, 0.25) is 0 Å². The van der Waals surface area contributed by atoms with E-state index in [-0.39, 0.29) is 27.6 Å². The molecule has 5 nitrogen and oxygen atoms in total. The third kappa shape index (κ3) is 6.16. The third-order valence-corrected chi connectivity index (χ3v) is 4.99. The molecule has 0 aromatic heterocycles. The number of esters is 1. The summed E-state index contributed by atoms with van der Waals surface area (Å²) in [5.74, 6) is -1.64. The van der Waals surface area contributed by atoms with Crippen molar-refractivity contribution in [2.24, 2.45) is 0 Å². The summed E-state index contributed by atoms with van der Waals surface area (Å²) in [6.07, 6.45) is -3.51. The van der Waals surface area contributed by atoms with Crippen LogP contribution < -0.4 is 10.1 Å². The summed E-state index contributed by atoms with van der Waals surface area (Å²) < 4.78 is 44.3. The number of benzene rings is 3. The van der Waals surface area contributed by atoms with E-state index in [0.29, 0.717) is 11.1 Å². The predicted octanol–water partition coefficient (Wildman–Crippen LogP) is 6.78. The molecule has 1 N–H and O–H groups in total. The average Bonchev–Trinajstić information content (AvgIpc) is 2.79. The Hall–Kier alpha value is -3.80. The number of amides is 1. The van der Waals surface area contributed by atoms with Crippen LogP contribution >= 0.6 is 23.2 Å². The minimum atomic E-state index is -4.65. The summed E-state index contributed by atoms with van der Waals surface area (Å²) in [6, 6.07) is 16.2. The summed E-state index contributed by atoms with van der Waals surface area (Å²) in [7, 11) is 0. The lowest BCUT2D eigenvalue weighted by atomic mass is 10.1. The number of carbonyl (C=O) groups excluding carboxylic acids is 2. The SMILES string of the molecule is N#C/C(=C\c1ccccc1OC(=O)c1ccc(Cl)cc1)C(=O)Nc1cc(C(F)(F)F)ccc1Cl. The van der Waals surface area contributed by atoms with Gasteiger partial charge in [0, 0.05) is 10.6 Å². The fourth-order valence-electron chi connectivity index (χ4n) is 2.73. The first-order chi connectivity index (χ1) is 16.1. The second-order valence-corrected chi connectivity index (χ2v) is 7.59. The van der Waals surface area contributed by atoms with Gasteiger partial charge in [-0.2, -0.15) is 18.4 Å². The molecule has 3 rings (SSSR count). The number of alkyl halides is 3. The van der Waals surface area contributed by atoms with Crippen LogP contribution in [0.15, 0.2) is 72.3 Å². The highest BCUT2D eigenvalue weighted by Gasteiger charge is 2.31. The van der Waals surface area contributed by atoms with Gasteiger partial charge < -0.3 is 10.1 Å². The first kappa shape index (κ1) is 24.8. The molecule has 10 heteroatoms. The smallest absolute Gasteiger partial charge is 0.416 e.